The Labute approximate surface area is 139 Å². The number of carbonyl (C=O) groups is 2. The minimum atomic E-state index is -0.318. The van der Waals surface area contributed by atoms with E-state index in [1.807, 2.05) is 13.8 Å². The standard InChI is InChI=1S/C14H20N8O2/c1-9-11(10(2)17-8-16-9)5-15-13(23)7-22-6-12(19-20-22)18-14(24)21(3)4/h6,8H,5,7H2,1-4H3,(H,15,23)(H,18,24). The van der Waals surface area contributed by atoms with Gasteiger partial charge in [0.25, 0.3) is 0 Å². The number of carbonyl (C=O) groups excluding carboxylic acids is 2. The van der Waals surface area contributed by atoms with Crippen molar-refractivity contribution in [3.8, 4) is 0 Å². The number of aryl methyl sites for hydroxylation is 2. The quantitative estimate of drug-likeness (QED) is 0.801. The Morgan fingerprint density at radius 2 is 1.88 bits per heavy atom. The van der Waals surface area contributed by atoms with Gasteiger partial charge in [-0.15, -0.1) is 5.10 Å². The summed E-state index contributed by atoms with van der Waals surface area (Å²) in [5.41, 5.74) is 2.55. The first kappa shape index (κ1) is 17.3. The predicted molar refractivity (Wildman–Crippen MR) is 86.1 cm³/mol. The zero-order valence-corrected chi connectivity index (χ0v) is 14.1. The van der Waals surface area contributed by atoms with Crippen molar-refractivity contribution >= 4 is 17.8 Å². The fourth-order valence-corrected chi connectivity index (χ4v) is 1.92. The molecule has 10 nitrogen and oxygen atoms in total. The van der Waals surface area contributed by atoms with Crippen molar-refractivity contribution in [1.29, 1.82) is 0 Å². The molecule has 0 fully saturated rings. The van der Waals surface area contributed by atoms with Gasteiger partial charge in [0.1, 0.15) is 12.9 Å². The Bertz CT molecular complexity index is 720. The van der Waals surface area contributed by atoms with Crippen molar-refractivity contribution in [1.82, 2.24) is 35.2 Å². The molecular weight excluding hydrogens is 312 g/mol. The van der Waals surface area contributed by atoms with E-state index in [0.717, 1.165) is 17.0 Å². The Hall–Kier alpha value is -3.04. The van der Waals surface area contributed by atoms with Gasteiger partial charge in [-0.25, -0.2) is 19.4 Å². The smallest absolute Gasteiger partial charge is 0.322 e. The molecule has 24 heavy (non-hydrogen) atoms. The molecule has 3 amide bonds. The average molecular weight is 332 g/mol. The second-order valence-corrected chi connectivity index (χ2v) is 5.43. The molecule has 0 aromatic carbocycles. The van der Waals surface area contributed by atoms with Crippen LogP contribution < -0.4 is 10.6 Å². The summed E-state index contributed by atoms with van der Waals surface area (Å²) in [6.45, 7) is 4.08. The maximum absolute atomic E-state index is 12.0. The lowest BCUT2D eigenvalue weighted by atomic mass is 10.2. The molecule has 0 aliphatic rings. The number of nitrogens with zero attached hydrogens (tertiary/aromatic N) is 6. The molecule has 2 N–H and O–H groups in total. The van der Waals surface area contributed by atoms with Gasteiger partial charge in [-0.2, -0.15) is 0 Å². The van der Waals surface area contributed by atoms with Gasteiger partial charge in [0, 0.05) is 37.6 Å². The van der Waals surface area contributed by atoms with E-state index in [1.54, 1.807) is 14.1 Å². The Kier molecular flexibility index (Phi) is 5.40. The van der Waals surface area contributed by atoms with E-state index in [1.165, 1.54) is 22.1 Å². The molecule has 0 bridgehead atoms. The van der Waals surface area contributed by atoms with Gasteiger partial charge in [0.05, 0.1) is 6.20 Å². The number of hydrogen-bond acceptors (Lipinski definition) is 6. The molecule has 10 heteroatoms. The molecular formula is C14H20N8O2. The van der Waals surface area contributed by atoms with Gasteiger partial charge in [-0.05, 0) is 13.8 Å². The van der Waals surface area contributed by atoms with Crippen LogP contribution in [-0.4, -0.2) is 55.9 Å². The van der Waals surface area contributed by atoms with Crippen LogP contribution in [0.3, 0.4) is 0 Å². The lowest BCUT2D eigenvalue weighted by molar-refractivity contribution is -0.122. The van der Waals surface area contributed by atoms with Crippen LogP contribution in [0.15, 0.2) is 12.5 Å². The van der Waals surface area contributed by atoms with Crippen LogP contribution in [0.1, 0.15) is 17.0 Å². The monoisotopic (exact) mass is 332 g/mol. The molecule has 0 saturated heterocycles. The predicted octanol–water partition coefficient (Wildman–Crippen LogP) is 0.0948. The van der Waals surface area contributed by atoms with E-state index in [0.29, 0.717) is 6.54 Å². The fraction of sp³-hybridized carbons (Fsp3) is 0.429. The number of nitrogens with one attached hydrogen (secondary N) is 2. The molecule has 0 aliphatic heterocycles. The highest BCUT2D eigenvalue weighted by molar-refractivity contribution is 5.87. The number of aromatic nitrogens is 5. The first-order chi connectivity index (χ1) is 11.4. The zero-order chi connectivity index (χ0) is 17.7. The fourth-order valence-electron chi connectivity index (χ4n) is 1.92. The number of hydrogen-bond donors (Lipinski definition) is 2. The van der Waals surface area contributed by atoms with E-state index < -0.39 is 0 Å². The summed E-state index contributed by atoms with van der Waals surface area (Å²) < 4.78 is 1.35. The van der Waals surface area contributed by atoms with Gasteiger partial charge in [-0.1, -0.05) is 5.21 Å². The lowest BCUT2D eigenvalue weighted by Gasteiger charge is -2.09. The minimum Gasteiger partial charge on any atom is -0.350 e. The third kappa shape index (κ3) is 4.48. The third-order valence-electron chi connectivity index (χ3n) is 3.32. The molecule has 128 valence electrons. The molecule has 0 spiro atoms. The summed E-state index contributed by atoms with van der Waals surface area (Å²) in [7, 11) is 3.23. The maximum Gasteiger partial charge on any atom is 0.322 e. The van der Waals surface area contributed by atoms with Crippen LogP contribution in [0.25, 0.3) is 0 Å². The number of urea groups is 1. The highest BCUT2D eigenvalue weighted by atomic mass is 16.2. The van der Waals surface area contributed by atoms with Crippen LogP contribution in [0.4, 0.5) is 10.6 Å². The lowest BCUT2D eigenvalue weighted by Crippen LogP contribution is -2.28. The van der Waals surface area contributed by atoms with Crippen LogP contribution in [0.5, 0.6) is 0 Å². The highest BCUT2D eigenvalue weighted by Gasteiger charge is 2.11. The molecule has 0 radical (unpaired) electrons. The zero-order valence-electron chi connectivity index (χ0n) is 14.1. The van der Waals surface area contributed by atoms with Crippen LogP contribution in [0, 0.1) is 13.8 Å². The van der Waals surface area contributed by atoms with Crippen molar-refractivity contribution in [3.63, 3.8) is 0 Å². The molecule has 2 rings (SSSR count). The largest absolute Gasteiger partial charge is 0.350 e. The van der Waals surface area contributed by atoms with Gasteiger partial charge in [0.15, 0.2) is 5.82 Å². The van der Waals surface area contributed by atoms with E-state index >= 15 is 0 Å². The maximum atomic E-state index is 12.0. The molecule has 0 atom stereocenters. The molecule has 2 aromatic rings. The van der Waals surface area contributed by atoms with E-state index in [-0.39, 0.29) is 24.3 Å². The molecule has 0 unspecified atom stereocenters. The number of rotatable bonds is 5. The topological polar surface area (TPSA) is 118 Å². The van der Waals surface area contributed by atoms with Crippen LogP contribution >= 0.6 is 0 Å². The Morgan fingerprint density at radius 1 is 1.21 bits per heavy atom. The van der Waals surface area contributed by atoms with Crippen molar-refractivity contribution < 1.29 is 9.59 Å². The number of anilines is 1. The summed E-state index contributed by atoms with van der Waals surface area (Å²) in [6, 6.07) is -0.318. The van der Waals surface area contributed by atoms with E-state index in [9.17, 15) is 9.59 Å². The van der Waals surface area contributed by atoms with Gasteiger partial charge in [-0.3, -0.25) is 10.1 Å². The Balaban J connectivity index is 1.89. The summed E-state index contributed by atoms with van der Waals surface area (Å²) in [5.74, 6) is 0.0534. The van der Waals surface area contributed by atoms with Gasteiger partial charge >= 0.3 is 6.03 Å². The number of amides is 3. The molecule has 0 saturated carbocycles. The SMILES string of the molecule is Cc1ncnc(C)c1CNC(=O)Cn1cc(NC(=O)N(C)C)nn1. The normalized spacial score (nSPS) is 10.3. The second kappa shape index (κ2) is 7.49. The average Bonchev–Trinajstić information content (AvgIpc) is 2.93. The summed E-state index contributed by atoms with van der Waals surface area (Å²) in [5, 5.41) is 12.9. The summed E-state index contributed by atoms with van der Waals surface area (Å²) in [6.07, 6.45) is 2.98. The minimum absolute atomic E-state index is 0.00335. The van der Waals surface area contributed by atoms with Crippen LogP contribution in [-0.2, 0) is 17.9 Å². The molecule has 2 aromatic heterocycles. The first-order valence-corrected chi connectivity index (χ1v) is 7.29. The molecule has 2 heterocycles. The van der Waals surface area contributed by atoms with E-state index in [4.69, 9.17) is 0 Å². The first-order valence-electron chi connectivity index (χ1n) is 7.29. The van der Waals surface area contributed by atoms with Crippen molar-refractivity contribution in [2.24, 2.45) is 0 Å². The van der Waals surface area contributed by atoms with Gasteiger partial charge in [0.2, 0.25) is 5.91 Å². The second-order valence-electron chi connectivity index (χ2n) is 5.43. The van der Waals surface area contributed by atoms with E-state index in [2.05, 4.69) is 30.9 Å². The van der Waals surface area contributed by atoms with Gasteiger partial charge < -0.3 is 10.2 Å². The Morgan fingerprint density at radius 3 is 2.50 bits per heavy atom. The van der Waals surface area contributed by atoms with Crippen molar-refractivity contribution in [2.75, 3.05) is 19.4 Å². The molecule has 0 aliphatic carbocycles. The highest BCUT2D eigenvalue weighted by Crippen LogP contribution is 2.07. The summed E-state index contributed by atoms with van der Waals surface area (Å²) in [4.78, 5) is 33.1. The summed E-state index contributed by atoms with van der Waals surface area (Å²) >= 11 is 0. The third-order valence-corrected chi connectivity index (χ3v) is 3.32. The van der Waals surface area contributed by atoms with Crippen molar-refractivity contribution in [2.45, 2.75) is 26.9 Å². The van der Waals surface area contributed by atoms with Crippen LogP contribution in [0.2, 0.25) is 0 Å². The van der Waals surface area contributed by atoms with Crippen molar-refractivity contribution in [3.05, 3.63) is 29.5 Å².